The number of aliphatic carboxylic acids is 1. The van der Waals surface area contributed by atoms with Crippen LogP contribution in [0.3, 0.4) is 0 Å². The molecule has 0 unspecified atom stereocenters. The predicted octanol–water partition coefficient (Wildman–Crippen LogP) is 2.08. The molecule has 1 atom stereocenters. The number of carboxylic acid groups (broad SMARTS) is 1. The van der Waals surface area contributed by atoms with Gasteiger partial charge in [-0.25, -0.2) is 4.79 Å². The molecule has 1 saturated heterocycles. The SMILES string of the molecule is COc1ccc(Br)cc1CC(=O)N1CCC[C@H]1C(=O)O. The van der Waals surface area contributed by atoms with Crippen LogP contribution in [0.25, 0.3) is 0 Å². The standard InChI is InChI=1S/C14H16BrNO4/c1-20-12-5-4-10(15)7-9(12)8-13(17)16-6-2-3-11(16)14(18)19/h4-5,7,11H,2-3,6,8H2,1H3,(H,18,19)/t11-/m0/s1. The summed E-state index contributed by atoms with van der Waals surface area (Å²) in [5.41, 5.74) is 0.753. The van der Waals surface area contributed by atoms with Gasteiger partial charge in [-0.15, -0.1) is 0 Å². The Bertz CT molecular complexity index is 532. The van der Waals surface area contributed by atoms with Crippen LogP contribution in [0.4, 0.5) is 0 Å². The van der Waals surface area contributed by atoms with E-state index in [-0.39, 0.29) is 12.3 Å². The van der Waals surface area contributed by atoms with Gasteiger partial charge >= 0.3 is 5.97 Å². The first-order valence-electron chi connectivity index (χ1n) is 6.37. The monoisotopic (exact) mass is 341 g/mol. The molecule has 0 bridgehead atoms. The number of carbonyl (C=O) groups is 2. The fourth-order valence-electron chi connectivity index (χ4n) is 2.47. The zero-order valence-electron chi connectivity index (χ0n) is 11.1. The molecule has 5 nitrogen and oxygen atoms in total. The van der Waals surface area contributed by atoms with Crippen LogP contribution in [-0.4, -0.2) is 41.6 Å². The van der Waals surface area contributed by atoms with E-state index in [0.717, 1.165) is 16.5 Å². The average Bonchev–Trinajstić information content (AvgIpc) is 2.88. The molecule has 0 saturated carbocycles. The highest BCUT2D eigenvalue weighted by atomic mass is 79.9. The van der Waals surface area contributed by atoms with E-state index in [1.54, 1.807) is 13.2 Å². The van der Waals surface area contributed by atoms with E-state index < -0.39 is 12.0 Å². The second-order valence-corrected chi connectivity index (χ2v) is 5.63. The molecule has 1 aliphatic rings. The Morgan fingerprint density at radius 2 is 2.25 bits per heavy atom. The Balaban J connectivity index is 2.15. The van der Waals surface area contributed by atoms with Gasteiger partial charge in [-0.2, -0.15) is 0 Å². The third-order valence-electron chi connectivity index (χ3n) is 3.44. The molecule has 1 heterocycles. The summed E-state index contributed by atoms with van der Waals surface area (Å²) in [6.07, 6.45) is 1.40. The van der Waals surface area contributed by atoms with Crippen molar-refractivity contribution in [3.63, 3.8) is 0 Å². The number of carbonyl (C=O) groups excluding carboxylic acids is 1. The normalized spacial score (nSPS) is 18.1. The van der Waals surface area contributed by atoms with Gasteiger partial charge in [0.15, 0.2) is 0 Å². The fraction of sp³-hybridized carbons (Fsp3) is 0.429. The van der Waals surface area contributed by atoms with Crippen LogP contribution in [0.5, 0.6) is 5.75 Å². The highest BCUT2D eigenvalue weighted by molar-refractivity contribution is 9.10. The van der Waals surface area contributed by atoms with Crippen LogP contribution in [0.1, 0.15) is 18.4 Å². The van der Waals surface area contributed by atoms with Crippen molar-refractivity contribution in [3.05, 3.63) is 28.2 Å². The Kier molecular flexibility index (Phi) is 4.65. The molecular formula is C14H16BrNO4. The number of amides is 1. The van der Waals surface area contributed by atoms with Crippen molar-refractivity contribution in [2.24, 2.45) is 0 Å². The van der Waals surface area contributed by atoms with E-state index in [1.807, 2.05) is 12.1 Å². The van der Waals surface area contributed by atoms with Crippen LogP contribution in [-0.2, 0) is 16.0 Å². The first kappa shape index (κ1) is 14.8. The van der Waals surface area contributed by atoms with E-state index in [0.29, 0.717) is 18.7 Å². The highest BCUT2D eigenvalue weighted by Crippen LogP contribution is 2.25. The van der Waals surface area contributed by atoms with E-state index in [9.17, 15) is 9.59 Å². The molecular weight excluding hydrogens is 326 g/mol. The zero-order valence-corrected chi connectivity index (χ0v) is 12.7. The van der Waals surface area contributed by atoms with E-state index in [1.165, 1.54) is 4.90 Å². The van der Waals surface area contributed by atoms with Gasteiger partial charge < -0.3 is 14.7 Å². The molecule has 1 fully saturated rings. The van der Waals surface area contributed by atoms with Gasteiger partial charge in [0.2, 0.25) is 5.91 Å². The molecule has 1 aliphatic heterocycles. The fourth-order valence-corrected chi connectivity index (χ4v) is 2.88. The van der Waals surface area contributed by atoms with E-state index >= 15 is 0 Å². The minimum Gasteiger partial charge on any atom is -0.496 e. The van der Waals surface area contributed by atoms with Crippen LogP contribution < -0.4 is 4.74 Å². The number of carboxylic acids is 1. The van der Waals surface area contributed by atoms with Crippen molar-refractivity contribution < 1.29 is 19.4 Å². The molecule has 0 spiro atoms. The van der Waals surface area contributed by atoms with Crippen molar-refractivity contribution in [1.82, 2.24) is 4.90 Å². The van der Waals surface area contributed by atoms with Gasteiger partial charge in [0, 0.05) is 16.6 Å². The second-order valence-electron chi connectivity index (χ2n) is 4.72. The first-order chi connectivity index (χ1) is 9.52. The van der Waals surface area contributed by atoms with Crippen LogP contribution in [0.15, 0.2) is 22.7 Å². The average molecular weight is 342 g/mol. The van der Waals surface area contributed by atoms with Crippen LogP contribution >= 0.6 is 15.9 Å². The Hall–Kier alpha value is -1.56. The number of hydrogen-bond donors (Lipinski definition) is 1. The van der Waals surface area contributed by atoms with Gasteiger partial charge in [-0.3, -0.25) is 4.79 Å². The molecule has 6 heteroatoms. The number of likely N-dealkylation sites (tertiary alicyclic amines) is 1. The van der Waals surface area contributed by atoms with Crippen LogP contribution in [0.2, 0.25) is 0 Å². The molecule has 2 rings (SSSR count). The van der Waals surface area contributed by atoms with Gasteiger partial charge in [0.25, 0.3) is 0 Å². The number of benzene rings is 1. The lowest BCUT2D eigenvalue weighted by Crippen LogP contribution is -2.41. The number of ether oxygens (including phenoxy) is 1. The summed E-state index contributed by atoms with van der Waals surface area (Å²) >= 11 is 3.36. The smallest absolute Gasteiger partial charge is 0.326 e. The predicted molar refractivity (Wildman–Crippen MR) is 76.8 cm³/mol. The minimum absolute atomic E-state index is 0.145. The third-order valence-corrected chi connectivity index (χ3v) is 3.94. The molecule has 0 aliphatic carbocycles. The van der Waals surface area contributed by atoms with Crippen molar-refractivity contribution in [1.29, 1.82) is 0 Å². The van der Waals surface area contributed by atoms with Gasteiger partial charge in [0.1, 0.15) is 11.8 Å². The topological polar surface area (TPSA) is 66.8 Å². The summed E-state index contributed by atoms with van der Waals surface area (Å²) in [7, 11) is 1.55. The minimum atomic E-state index is -0.933. The largest absolute Gasteiger partial charge is 0.496 e. The summed E-state index contributed by atoms with van der Waals surface area (Å²) in [4.78, 5) is 24.9. The number of hydrogen-bond acceptors (Lipinski definition) is 3. The zero-order chi connectivity index (χ0) is 14.7. The molecule has 1 N–H and O–H groups in total. The van der Waals surface area contributed by atoms with Gasteiger partial charge in [0.05, 0.1) is 13.5 Å². The lowest BCUT2D eigenvalue weighted by Gasteiger charge is -2.22. The summed E-state index contributed by atoms with van der Waals surface area (Å²) in [5, 5.41) is 9.12. The Morgan fingerprint density at radius 1 is 1.50 bits per heavy atom. The van der Waals surface area contributed by atoms with Crippen molar-refractivity contribution >= 4 is 27.8 Å². The number of nitrogens with zero attached hydrogens (tertiary/aromatic N) is 1. The molecule has 0 aromatic heterocycles. The maximum absolute atomic E-state index is 12.3. The summed E-state index contributed by atoms with van der Waals surface area (Å²) in [6, 6.07) is 4.75. The first-order valence-corrected chi connectivity index (χ1v) is 7.17. The molecule has 1 aromatic rings. The molecule has 20 heavy (non-hydrogen) atoms. The molecule has 0 radical (unpaired) electrons. The Labute approximate surface area is 125 Å². The maximum Gasteiger partial charge on any atom is 0.326 e. The van der Waals surface area contributed by atoms with E-state index in [4.69, 9.17) is 9.84 Å². The number of methoxy groups -OCH3 is 1. The summed E-state index contributed by atoms with van der Waals surface area (Å²) < 4.78 is 6.09. The number of halogens is 1. The number of rotatable bonds is 4. The van der Waals surface area contributed by atoms with Crippen molar-refractivity contribution in [2.75, 3.05) is 13.7 Å². The Morgan fingerprint density at radius 3 is 2.90 bits per heavy atom. The highest BCUT2D eigenvalue weighted by Gasteiger charge is 2.33. The maximum atomic E-state index is 12.3. The molecule has 1 aromatic carbocycles. The van der Waals surface area contributed by atoms with Crippen LogP contribution in [0, 0.1) is 0 Å². The summed E-state index contributed by atoms with van der Waals surface area (Å²) in [6.45, 7) is 0.506. The quantitative estimate of drug-likeness (QED) is 0.910. The second kappa shape index (κ2) is 6.26. The lowest BCUT2D eigenvalue weighted by atomic mass is 10.1. The molecule has 1 amide bonds. The third kappa shape index (κ3) is 3.12. The summed E-state index contributed by atoms with van der Waals surface area (Å²) in [5.74, 6) is -0.476. The lowest BCUT2D eigenvalue weighted by molar-refractivity contribution is -0.148. The van der Waals surface area contributed by atoms with Gasteiger partial charge in [-0.1, -0.05) is 15.9 Å². The van der Waals surface area contributed by atoms with Crippen molar-refractivity contribution in [3.8, 4) is 5.75 Å². The van der Waals surface area contributed by atoms with Crippen molar-refractivity contribution in [2.45, 2.75) is 25.3 Å². The van der Waals surface area contributed by atoms with Gasteiger partial charge in [-0.05, 0) is 31.0 Å². The van der Waals surface area contributed by atoms with E-state index in [2.05, 4.69) is 15.9 Å². The molecule has 108 valence electrons.